The fourth-order valence-corrected chi connectivity index (χ4v) is 6.64. The van der Waals surface area contributed by atoms with Crippen molar-refractivity contribution in [3.63, 3.8) is 0 Å². The van der Waals surface area contributed by atoms with E-state index in [1.807, 2.05) is 40.6 Å². The molecule has 1 amide bonds. The van der Waals surface area contributed by atoms with Crippen LogP contribution in [0.1, 0.15) is 24.5 Å². The van der Waals surface area contributed by atoms with Crippen molar-refractivity contribution in [3.8, 4) is 9.75 Å². The molecule has 1 N–H and O–H groups in total. The number of aromatic nitrogens is 2. The maximum atomic E-state index is 13.9. The third kappa shape index (κ3) is 4.45. The van der Waals surface area contributed by atoms with Crippen LogP contribution in [0.3, 0.4) is 0 Å². The van der Waals surface area contributed by atoms with Crippen LogP contribution in [0.15, 0.2) is 53.9 Å². The van der Waals surface area contributed by atoms with Gasteiger partial charge in [-0.15, -0.1) is 22.7 Å². The molecule has 7 nitrogen and oxygen atoms in total. The molecule has 5 heterocycles. The van der Waals surface area contributed by atoms with E-state index in [9.17, 15) is 4.79 Å². The molecule has 0 spiro atoms. The number of hydrogen-bond acceptors (Lipinski definition) is 8. The van der Waals surface area contributed by atoms with Crippen molar-refractivity contribution in [1.82, 2.24) is 24.9 Å². The number of carbonyl (C=O) groups excluding carboxylic acids is 1. The Kier molecular flexibility index (Phi) is 6.01. The fraction of sp³-hybridized carbons (Fsp3) is 0.346. The number of anilines is 1. The van der Waals surface area contributed by atoms with Gasteiger partial charge in [0.15, 0.2) is 0 Å². The molecule has 1 aromatic carbocycles. The molecule has 2 bridgehead atoms. The maximum Gasteiger partial charge on any atom is 0.260 e. The first-order valence-electron chi connectivity index (χ1n) is 12.0. The quantitative estimate of drug-likeness (QED) is 0.427. The summed E-state index contributed by atoms with van der Waals surface area (Å²) in [4.78, 5) is 29.8. The Bertz CT molecular complexity index is 1350. The first kappa shape index (κ1) is 22.6. The van der Waals surface area contributed by atoms with Crippen LogP contribution < -0.4 is 5.32 Å². The normalized spacial score (nSPS) is 19.3. The highest BCUT2D eigenvalue weighted by Gasteiger charge is 2.36. The van der Waals surface area contributed by atoms with E-state index >= 15 is 0 Å². The van der Waals surface area contributed by atoms with Gasteiger partial charge in [-0.1, -0.05) is 32.0 Å². The summed E-state index contributed by atoms with van der Waals surface area (Å²) in [7, 11) is 0. The van der Waals surface area contributed by atoms with E-state index in [-0.39, 0.29) is 17.9 Å². The van der Waals surface area contributed by atoms with Crippen molar-refractivity contribution in [3.05, 3.63) is 64.6 Å². The molecule has 9 heteroatoms. The van der Waals surface area contributed by atoms with Gasteiger partial charge in [0, 0.05) is 39.7 Å². The maximum absolute atomic E-state index is 13.9. The summed E-state index contributed by atoms with van der Waals surface area (Å²) >= 11 is 3.61. The average Bonchev–Trinajstić information content (AvgIpc) is 3.55. The zero-order valence-corrected chi connectivity index (χ0v) is 21.5. The van der Waals surface area contributed by atoms with E-state index in [0.717, 1.165) is 42.2 Å². The van der Waals surface area contributed by atoms with Gasteiger partial charge in [-0.05, 0) is 41.6 Å². The van der Waals surface area contributed by atoms with E-state index in [1.54, 1.807) is 11.3 Å². The number of rotatable bonds is 4. The van der Waals surface area contributed by atoms with Gasteiger partial charge in [0.25, 0.3) is 5.91 Å². The van der Waals surface area contributed by atoms with Crippen LogP contribution in [-0.4, -0.2) is 56.6 Å². The Morgan fingerprint density at radius 1 is 1.06 bits per heavy atom. The number of benzene rings is 1. The lowest BCUT2D eigenvalue weighted by Crippen LogP contribution is -2.61. The van der Waals surface area contributed by atoms with E-state index in [0.29, 0.717) is 13.2 Å². The zero-order chi connectivity index (χ0) is 23.9. The number of nitrogens with one attached hydrogen (secondary N) is 1. The third-order valence-electron chi connectivity index (χ3n) is 6.61. The predicted octanol–water partition coefficient (Wildman–Crippen LogP) is 4.89. The molecule has 4 aromatic rings. The number of nitrogens with zero attached hydrogens (tertiary/aromatic N) is 5. The van der Waals surface area contributed by atoms with Gasteiger partial charge >= 0.3 is 0 Å². The van der Waals surface area contributed by atoms with Crippen molar-refractivity contribution in [1.29, 1.82) is 0 Å². The summed E-state index contributed by atoms with van der Waals surface area (Å²) in [6, 6.07) is 16.3. The number of hydrazine groups is 1. The van der Waals surface area contributed by atoms with E-state index in [4.69, 9.17) is 9.97 Å². The largest absolute Gasteiger partial charge is 0.358 e. The van der Waals surface area contributed by atoms with Crippen LogP contribution in [-0.2, 0) is 17.9 Å². The van der Waals surface area contributed by atoms with E-state index in [1.165, 1.54) is 14.6 Å². The lowest BCUT2D eigenvalue weighted by molar-refractivity contribution is -0.168. The molecule has 2 aliphatic rings. The third-order valence-corrected chi connectivity index (χ3v) is 8.74. The summed E-state index contributed by atoms with van der Waals surface area (Å²) < 4.78 is 0. The standard InChI is InChI=1S/C26H28N6OS2/c1-17(2)24-26(33)32-16-30(14-18-9-10-22(35-18)21-8-5-13-34-21)11-12-31(32)15-23-27-20-7-4-3-6-19(20)25(28-23)29-24/h3-10,13,17,24H,11-12,14-16H2,1-2H3,(H,27,28,29). The number of fused-ring (bicyclic) bond motifs is 5. The average molecular weight is 505 g/mol. The van der Waals surface area contributed by atoms with E-state index < -0.39 is 0 Å². The molecule has 0 radical (unpaired) electrons. The van der Waals surface area contributed by atoms with Gasteiger partial charge in [-0.25, -0.2) is 15.0 Å². The Hall–Kier alpha value is -2.85. The summed E-state index contributed by atoms with van der Waals surface area (Å²) in [6.45, 7) is 7.73. The van der Waals surface area contributed by atoms with Gasteiger partial charge in [0.2, 0.25) is 0 Å². The second-order valence-electron chi connectivity index (χ2n) is 9.43. The molecule has 1 saturated heterocycles. The number of amides is 1. The van der Waals surface area contributed by atoms with Crippen molar-refractivity contribution in [2.24, 2.45) is 5.92 Å². The SMILES string of the molecule is CC(C)C1Nc2nc(nc3ccccc23)CN2CCN(Cc3ccc(-c4cccs4)s3)CN2C1=O. The van der Waals surface area contributed by atoms with Crippen LogP contribution in [0.25, 0.3) is 20.7 Å². The van der Waals surface area contributed by atoms with Crippen molar-refractivity contribution in [2.75, 3.05) is 25.1 Å². The first-order valence-corrected chi connectivity index (χ1v) is 13.7. The van der Waals surface area contributed by atoms with Gasteiger partial charge in [0.1, 0.15) is 17.7 Å². The molecular weight excluding hydrogens is 476 g/mol. The highest BCUT2D eigenvalue weighted by Crippen LogP contribution is 2.33. The van der Waals surface area contributed by atoms with Gasteiger partial charge in [-0.2, -0.15) is 0 Å². The second kappa shape index (κ2) is 9.31. The lowest BCUT2D eigenvalue weighted by atomic mass is 10.0. The van der Waals surface area contributed by atoms with Gasteiger partial charge in [0.05, 0.1) is 18.7 Å². The Balaban J connectivity index is 1.27. The smallest absolute Gasteiger partial charge is 0.260 e. The molecule has 35 heavy (non-hydrogen) atoms. The Morgan fingerprint density at radius 2 is 1.94 bits per heavy atom. The zero-order valence-electron chi connectivity index (χ0n) is 19.8. The minimum Gasteiger partial charge on any atom is -0.358 e. The second-order valence-corrected chi connectivity index (χ2v) is 11.6. The van der Waals surface area contributed by atoms with Crippen molar-refractivity contribution < 1.29 is 4.79 Å². The van der Waals surface area contributed by atoms with Crippen molar-refractivity contribution in [2.45, 2.75) is 33.0 Å². The van der Waals surface area contributed by atoms with Crippen LogP contribution in [0.5, 0.6) is 0 Å². The molecule has 2 aliphatic heterocycles. The molecule has 0 saturated carbocycles. The first-order chi connectivity index (χ1) is 17.0. The fourth-order valence-electron chi connectivity index (χ4n) is 4.75. The van der Waals surface area contributed by atoms with Crippen LogP contribution in [0.2, 0.25) is 0 Å². The minimum absolute atomic E-state index is 0.0866. The topological polar surface area (TPSA) is 64.6 Å². The number of hydrogen-bond donors (Lipinski definition) is 1. The molecule has 1 fully saturated rings. The Morgan fingerprint density at radius 3 is 2.77 bits per heavy atom. The van der Waals surface area contributed by atoms with E-state index in [2.05, 4.69) is 58.7 Å². The predicted molar refractivity (Wildman–Crippen MR) is 142 cm³/mol. The number of thiophene rings is 2. The van der Waals surface area contributed by atoms with Gasteiger partial charge in [-0.3, -0.25) is 14.7 Å². The highest BCUT2D eigenvalue weighted by atomic mass is 32.1. The molecule has 1 atom stereocenters. The van der Waals surface area contributed by atoms with Crippen LogP contribution in [0, 0.1) is 5.92 Å². The lowest BCUT2D eigenvalue weighted by Gasteiger charge is -2.44. The number of para-hydroxylation sites is 1. The van der Waals surface area contributed by atoms with Crippen LogP contribution >= 0.6 is 22.7 Å². The molecule has 180 valence electrons. The highest BCUT2D eigenvalue weighted by molar-refractivity contribution is 7.21. The Labute approximate surface area is 213 Å². The monoisotopic (exact) mass is 504 g/mol. The molecule has 1 unspecified atom stereocenters. The van der Waals surface area contributed by atoms with Crippen molar-refractivity contribution >= 4 is 45.3 Å². The molecule has 3 aromatic heterocycles. The molecular formula is C26H28N6OS2. The van der Waals surface area contributed by atoms with Crippen LogP contribution in [0.4, 0.5) is 5.82 Å². The number of carbonyl (C=O) groups is 1. The summed E-state index contributed by atoms with van der Waals surface area (Å²) in [5.74, 6) is 1.68. The summed E-state index contributed by atoms with van der Waals surface area (Å²) in [6.07, 6.45) is 0. The van der Waals surface area contributed by atoms with Gasteiger partial charge < -0.3 is 5.32 Å². The molecule has 6 rings (SSSR count). The summed E-state index contributed by atoms with van der Waals surface area (Å²) in [5, 5.41) is 10.6. The summed E-state index contributed by atoms with van der Waals surface area (Å²) in [5.41, 5.74) is 0.904. The minimum atomic E-state index is -0.367. The molecule has 0 aliphatic carbocycles.